The first kappa shape index (κ1) is 14.3. The fraction of sp³-hybridized carbons (Fsp3) is 0.538. The molecule has 0 radical (unpaired) electrons. The molecule has 0 fully saturated rings. The number of nitrogens with one attached hydrogen (secondary N) is 2. The number of non-ortho nitro benzene ring substituents is 1. The maximum Gasteiger partial charge on any atom is 0.273 e. The van der Waals surface area contributed by atoms with E-state index in [0.29, 0.717) is 5.92 Å². The van der Waals surface area contributed by atoms with Gasteiger partial charge >= 0.3 is 0 Å². The quantitative estimate of drug-likeness (QED) is 0.600. The summed E-state index contributed by atoms with van der Waals surface area (Å²) >= 11 is 0. The van der Waals surface area contributed by atoms with E-state index in [2.05, 4.69) is 31.4 Å². The molecule has 0 bridgehead atoms. The minimum atomic E-state index is -0.375. The lowest BCUT2D eigenvalue weighted by Crippen LogP contribution is -2.23. The monoisotopic (exact) mass is 251 g/mol. The molecular weight excluding hydrogens is 230 g/mol. The highest BCUT2D eigenvalue weighted by atomic mass is 16.6. The molecular formula is C13H21N3O2. The van der Waals surface area contributed by atoms with Gasteiger partial charge in [-0.1, -0.05) is 20.3 Å². The van der Waals surface area contributed by atoms with Gasteiger partial charge in [0.05, 0.1) is 4.92 Å². The van der Waals surface area contributed by atoms with Gasteiger partial charge in [-0.2, -0.15) is 0 Å². The molecule has 5 heteroatoms. The van der Waals surface area contributed by atoms with Gasteiger partial charge in [-0.3, -0.25) is 10.1 Å². The van der Waals surface area contributed by atoms with E-state index in [-0.39, 0.29) is 16.7 Å². The van der Waals surface area contributed by atoms with Gasteiger partial charge in [0.1, 0.15) is 0 Å². The summed E-state index contributed by atoms with van der Waals surface area (Å²) in [5, 5.41) is 17.1. The van der Waals surface area contributed by atoms with Crippen molar-refractivity contribution in [1.29, 1.82) is 0 Å². The van der Waals surface area contributed by atoms with Crippen molar-refractivity contribution in [2.24, 2.45) is 5.92 Å². The number of nitro benzene ring substituents is 1. The van der Waals surface area contributed by atoms with E-state index in [4.69, 9.17) is 0 Å². The van der Waals surface area contributed by atoms with E-state index in [1.165, 1.54) is 6.07 Å². The molecule has 1 aromatic carbocycles. The van der Waals surface area contributed by atoms with Crippen LogP contribution in [0.15, 0.2) is 18.2 Å². The third kappa shape index (κ3) is 3.61. The van der Waals surface area contributed by atoms with Crippen LogP contribution in [-0.4, -0.2) is 18.0 Å². The zero-order valence-corrected chi connectivity index (χ0v) is 11.4. The molecule has 18 heavy (non-hydrogen) atoms. The Balaban J connectivity index is 2.94. The molecule has 0 amide bonds. The molecule has 0 spiro atoms. The molecule has 2 N–H and O–H groups in total. The average Bonchev–Trinajstić information content (AvgIpc) is 2.36. The minimum Gasteiger partial charge on any atom is -0.388 e. The van der Waals surface area contributed by atoms with E-state index in [1.54, 1.807) is 13.1 Å². The summed E-state index contributed by atoms with van der Waals surface area (Å²) in [6.07, 6.45) is 1.07. The largest absolute Gasteiger partial charge is 0.388 e. The average molecular weight is 251 g/mol. The Morgan fingerprint density at radius 3 is 2.39 bits per heavy atom. The number of anilines is 2. The third-order valence-corrected chi connectivity index (χ3v) is 3.31. The molecule has 0 heterocycles. The molecule has 5 nitrogen and oxygen atoms in total. The number of nitro groups is 1. The summed E-state index contributed by atoms with van der Waals surface area (Å²) in [6, 6.07) is 5.26. The fourth-order valence-corrected chi connectivity index (χ4v) is 1.70. The molecule has 1 rings (SSSR count). The summed E-state index contributed by atoms with van der Waals surface area (Å²) < 4.78 is 0. The van der Waals surface area contributed by atoms with E-state index in [0.717, 1.165) is 17.8 Å². The zero-order chi connectivity index (χ0) is 13.7. The van der Waals surface area contributed by atoms with Crippen molar-refractivity contribution < 1.29 is 4.92 Å². The highest BCUT2D eigenvalue weighted by molar-refractivity contribution is 5.63. The molecule has 0 aliphatic heterocycles. The van der Waals surface area contributed by atoms with Crippen LogP contribution in [0.3, 0.4) is 0 Å². The van der Waals surface area contributed by atoms with Crippen molar-refractivity contribution in [3.05, 3.63) is 28.3 Å². The van der Waals surface area contributed by atoms with Crippen molar-refractivity contribution in [2.75, 3.05) is 17.7 Å². The van der Waals surface area contributed by atoms with Crippen LogP contribution in [0, 0.1) is 16.0 Å². The minimum absolute atomic E-state index is 0.0979. The topological polar surface area (TPSA) is 67.2 Å². The normalized spacial score (nSPS) is 13.8. The predicted molar refractivity (Wildman–Crippen MR) is 75.2 cm³/mol. The Hall–Kier alpha value is -1.78. The zero-order valence-electron chi connectivity index (χ0n) is 11.4. The maximum absolute atomic E-state index is 10.8. The molecule has 2 unspecified atom stereocenters. The van der Waals surface area contributed by atoms with Gasteiger partial charge in [0.25, 0.3) is 5.69 Å². The van der Waals surface area contributed by atoms with Crippen molar-refractivity contribution >= 4 is 17.1 Å². The predicted octanol–water partition coefficient (Wildman–Crippen LogP) is 3.48. The van der Waals surface area contributed by atoms with Crippen molar-refractivity contribution in [3.8, 4) is 0 Å². The molecule has 0 aliphatic rings. The van der Waals surface area contributed by atoms with Crippen LogP contribution < -0.4 is 10.6 Å². The smallest absolute Gasteiger partial charge is 0.273 e. The van der Waals surface area contributed by atoms with Gasteiger partial charge in [0.15, 0.2) is 0 Å². The molecule has 0 saturated heterocycles. The van der Waals surface area contributed by atoms with Crippen LogP contribution in [0.2, 0.25) is 0 Å². The number of hydrogen-bond acceptors (Lipinski definition) is 4. The van der Waals surface area contributed by atoms with Crippen LogP contribution in [-0.2, 0) is 0 Å². The second kappa shape index (κ2) is 6.23. The Kier molecular flexibility index (Phi) is 4.95. The molecule has 0 aromatic heterocycles. The van der Waals surface area contributed by atoms with Gasteiger partial charge in [0, 0.05) is 36.6 Å². The first-order valence-corrected chi connectivity index (χ1v) is 6.21. The Morgan fingerprint density at radius 2 is 1.89 bits per heavy atom. The van der Waals surface area contributed by atoms with Crippen LogP contribution >= 0.6 is 0 Å². The van der Waals surface area contributed by atoms with E-state index in [9.17, 15) is 10.1 Å². The number of benzene rings is 1. The van der Waals surface area contributed by atoms with Gasteiger partial charge < -0.3 is 10.6 Å². The summed E-state index contributed by atoms with van der Waals surface area (Å²) in [6.45, 7) is 6.38. The first-order valence-electron chi connectivity index (χ1n) is 6.21. The van der Waals surface area contributed by atoms with Gasteiger partial charge in [-0.05, 0) is 18.9 Å². The highest BCUT2D eigenvalue weighted by Crippen LogP contribution is 2.25. The van der Waals surface area contributed by atoms with Gasteiger partial charge in [-0.15, -0.1) is 0 Å². The lowest BCUT2D eigenvalue weighted by atomic mass is 10.0. The molecule has 1 aromatic rings. The molecule has 2 atom stereocenters. The standard InChI is InChI=1S/C13H21N3O2/c1-5-9(2)10(3)15-12-6-11(14-4)7-13(8-12)16(17)18/h6-10,14-15H,5H2,1-4H3. The van der Waals surface area contributed by atoms with Crippen LogP contribution in [0.1, 0.15) is 27.2 Å². The third-order valence-electron chi connectivity index (χ3n) is 3.31. The van der Waals surface area contributed by atoms with E-state index < -0.39 is 0 Å². The van der Waals surface area contributed by atoms with Crippen molar-refractivity contribution in [1.82, 2.24) is 0 Å². The number of hydrogen-bond donors (Lipinski definition) is 2. The lowest BCUT2D eigenvalue weighted by molar-refractivity contribution is -0.384. The second-order valence-electron chi connectivity index (χ2n) is 4.59. The first-order chi connectivity index (χ1) is 8.47. The van der Waals surface area contributed by atoms with E-state index >= 15 is 0 Å². The van der Waals surface area contributed by atoms with Crippen LogP contribution in [0.4, 0.5) is 17.1 Å². The summed E-state index contributed by atoms with van der Waals surface area (Å²) in [5.74, 6) is 0.516. The fourth-order valence-electron chi connectivity index (χ4n) is 1.70. The van der Waals surface area contributed by atoms with E-state index in [1.807, 2.05) is 6.07 Å². The molecule has 100 valence electrons. The van der Waals surface area contributed by atoms with Crippen molar-refractivity contribution in [2.45, 2.75) is 33.2 Å². The number of nitrogens with zero attached hydrogens (tertiary/aromatic N) is 1. The SMILES string of the molecule is CCC(C)C(C)Nc1cc(NC)cc([N+](=O)[O-])c1. The maximum atomic E-state index is 10.8. The highest BCUT2D eigenvalue weighted by Gasteiger charge is 2.13. The Labute approximate surface area is 108 Å². The summed E-state index contributed by atoms with van der Waals surface area (Å²) in [5.41, 5.74) is 1.62. The van der Waals surface area contributed by atoms with Gasteiger partial charge in [0.2, 0.25) is 0 Å². The van der Waals surface area contributed by atoms with Gasteiger partial charge in [-0.25, -0.2) is 0 Å². The Morgan fingerprint density at radius 1 is 1.28 bits per heavy atom. The van der Waals surface area contributed by atoms with Crippen LogP contribution in [0.25, 0.3) is 0 Å². The van der Waals surface area contributed by atoms with Crippen molar-refractivity contribution in [3.63, 3.8) is 0 Å². The summed E-state index contributed by atoms with van der Waals surface area (Å²) in [7, 11) is 1.75. The second-order valence-corrected chi connectivity index (χ2v) is 4.59. The summed E-state index contributed by atoms with van der Waals surface area (Å²) in [4.78, 5) is 10.5. The number of rotatable bonds is 6. The van der Waals surface area contributed by atoms with Crippen LogP contribution in [0.5, 0.6) is 0 Å². The molecule has 0 saturated carbocycles. The Bertz CT molecular complexity index is 421. The lowest BCUT2D eigenvalue weighted by Gasteiger charge is -2.21. The molecule has 0 aliphatic carbocycles.